The number of hydrogen-bond donors (Lipinski definition) is 3. The van der Waals surface area contributed by atoms with E-state index in [4.69, 9.17) is 4.98 Å². The number of amides is 1. The molecule has 0 aliphatic carbocycles. The molecule has 3 N–H and O–H groups in total. The fraction of sp³-hybridized carbons (Fsp3) is 0.111. The minimum atomic E-state index is -0.784. The van der Waals surface area contributed by atoms with E-state index in [0.29, 0.717) is 5.69 Å². The van der Waals surface area contributed by atoms with Gasteiger partial charge in [-0.05, 0) is 30.2 Å². The quantitative estimate of drug-likeness (QED) is 0.367. The SMILES string of the molecule is Cc1ccccc1-c1nc(C(=O)NC[C@@H](O)c2ccccc2)cc2c1[nH]c1ccccc12. The van der Waals surface area contributed by atoms with Gasteiger partial charge in [-0.3, -0.25) is 4.79 Å². The third-order valence-electron chi connectivity index (χ3n) is 5.77. The van der Waals surface area contributed by atoms with E-state index in [-0.39, 0.29) is 12.5 Å². The van der Waals surface area contributed by atoms with Crippen molar-refractivity contribution in [1.29, 1.82) is 0 Å². The molecule has 0 unspecified atom stereocenters. The second-order valence-corrected chi connectivity index (χ2v) is 7.90. The topological polar surface area (TPSA) is 78.0 Å². The Morgan fingerprint density at radius 2 is 1.69 bits per heavy atom. The van der Waals surface area contributed by atoms with Gasteiger partial charge in [-0.15, -0.1) is 0 Å². The standard InChI is InChI=1S/C27H23N3O2/c1-17-9-5-6-12-19(17)25-26-21(20-13-7-8-14-22(20)29-26)15-23(30-25)27(32)28-16-24(31)18-10-3-2-4-11-18/h2-15,24,29,31H,16H2,1H3,(H,28,32)/t24-/m1/s1. The number of hydrogen-bond acceptors (Lipinski definition) is 3. The Balaban J connectivity index is 1.56. The van der Waals surface area contributed by atoms with E-state index in [9.17, 15) is 9.90 Å². The minimum absolute atomic E-state index is 0.107. The van der Waals surface area contributed by atoms with Crippen LogP contribution in [0, 0.1) is 6.92 Å². The van der Waals surface area contributed by atoms with Crippen LogP contribution in [0.1, 0.15) is 27.7 Å². The van der Waals surface area contributed by atoms with Crippen LogP contribution in [-0.2, 0) is 0 Å². The molecule has 3 aromatic carbocycles. The number of rotatable bonds is 5. The van der Waals surface area contributed by atoms with Crippen LogP contribution in [0.4, 0.5) is 0 Å². The Kier molecular flexibility index (Phi) is 5.17. The number of aryl methyl sites for hydroxylation is 1. The number of aromatic amines is 1. The molecule has 2 aromatic heterocycles. The third-order valence-corrected chi connectivity index (χ3v) is 5.77. The first-order valence-electron chi connectivity index (χ1n) is 10.6. The van der Waals surface area contributed by atoms with Gasteiger partial charge in [0.25, 0.3) is 5.91 Å². The molecule has 0 fully saturated rings. The first kappa shape index (κ1) is 20.0. The molecule has 1 amide bonds. The Bertz CT molecular complexity index is 1420. The number of nitrogens with zero attached hydrogens (tertiary/aromatic N) is 1. The largest absolute Gasteiger partial charge is 0.387 e. The zero-order valence-electron chi connectivity index (χ0n) is 17.7. The number of nitrogens with one attached hydrogen (secondary N) is 2. The molecule has 158 valence electrons. The smallest absolute Gasteiger partial charge is 0.270 e. The van der Waals surface area contributed by atoms with Gasteiger partial charge in [0.05, 0.1) is 17.3 Å². The Morgan fingerprint density at radius 3 is 2.50 bits per heavy atom. The van der Waals surface area contributed by atoms with Crippen LogP contribution < -0.4 is 5.32 Å². The molecule has 5 aromatic rings. The molecule has 0 spiro atoms. The molecule has 0 aliphatic rings. The maximum atomic E-state index is 13.1. The lowest BCUT2D eigenvalue weighted by Crippen LogP contribution is -2.29. The first-order valence-corrected chi connectivity index (χ1v) is 10.6. The average Bonchev–Trinajstić information content (AvgIpc) is 3.21. The molecular formula is C27H23N3O2. The summed E-state index contributed by atoms with van der Waals surface area (Å²) in [5, 5.41) is 15.2. The normalized spacial score (nSPS) is 12.2. The third kappa shape index (κ3) is 3.63. The van der Waals surface area contributed by atoms with Crippen LogP contribution in [0.5, 0.6) is 0 Å². The second-order valence-electron chi connectivity index (χ2n) is 7.90. The van der Waals surface area contributed by atoms with Gasteiger partial charge < -0.3 is 15.4 Å². The second kappa shape index (κ2) is 8.29. The van der Waals surface area contributed by atoms with Crippen molar-refractivity contribution in [3.05, 3.63) is 102 Å². The van der Waals surface area contributed by atoms with E-state index in [0.717, 1.165) is 44.2 Å². The number of para-hydroxylation sites is 1. The van der Waals surface area contributed by atoms with Crippen LogP contribution in [0.25, 0.3) is 33.1 Å². The van der Waals surface area contributed by atoms with Crippen molar-refractivity contribution in [2.45, 2.75) is 13.0 Å². The summed E-state index contributed by atoms with van der Waals surface area (Å²) in [5.74, 6) is -0.318. The molecule has 5 rings (SSSR count). The first-order chi connectivity index (χ1) is 15.6. The van der Waals surface area contributed by atoms with E-state index in [1.165, 1.54) is 0 Å². The summed E-state index contributed by atoms with van der Waals surface area (Å²) in [6.45, 7) is 2.14. The Morgan fingerprint density at radius 1 is 0.969 bits per heavy atom. The van der Waals surface area contributed by atoms with E-state index in [1.54, 1.807) is 0 Å². The summed E-state index contributed by atoms with van der Waals surface area (Å²) in [5.41, 5.74) is 5.78. The lowest BCUT2D eigenvalue weighted by molar-refractivity contribution is 0.0911. The van der Waals surface area contributed by atoms with Crippen molar-refractivity contribution in [3.63, 3.8) is 0 Å². The predicted molar refractivity (Wildman–Crippen MR) is 128 cm³/mol. The number of aromatic nitrogens is 2. The number of benzene rings is 3. The van der Waals surface area contributed by atoms with Gasteiger partial charge in [-0.1, -0.05) is 72.8 Å². The number of carbonyl (C=O) groups excluding carboxylic acids is 1. The molecule has 2 heterocycles. The zero-order valence-corrected chi connectivity index (χ0v) is 17.7. The van der Waals surface area contributed by atoms with Crippen molar-refractivity contribution in [2.75, 3.05) is 6.54 Å². The van der Waals surface area contributed by atoms with Crippen LogP contribution in [0.15, 0.2) is 84.9 Å². The summed E-state index contributed by atoms with van der Waals surface area (Å²) in [6, 6.07) is 27.2. The molecule has 1 atom stereocenters. The highest BCUT2D eigenvalue weighted by atomic mass is 16.3. The summed E-state index contributed by atoms with van der Waals surface area (Å²) in [4.78, 5) is 21.3. The molecule has 32 heavy (non-hydrogen) atoms. The van der Waals surface area contributed by atoms with E-state index in [1.807, 2.05) is 91.9 Å². The van der Waals surface area contributed by atoms with Crippen molar-refractivity contribution >= 4 is 27.7 Å². The Hall–Kier alpha value is -3.96. The summed E-state index contributed by atoms with van der Waals surface area (Å²) in [6.07, 6.45) is -0.784. The fourth-order valence-electron chi connectivity index (χ4n) is 4.07. The van der Waals surface area contributed by atoms with Crippen LogP contribution in [-0.4, -0.2) is 27.5 Å². The number of H-pyrrole nitrogens is 1. The monoisotopic (exact) mass is 421 g/mol. The minimum Gasteiger partial charge on any atom is -0.387 e. The van der Waals surface area contributed by atoms with Gasteiger partial charge >= 0.3 is 0 Å². The molecule has 0 aliphatic heterocycles. The van der Waals surface area contributed by atoms with Gasteiger partial charge in [0.15, 0.2) is 0 Å². The maximum Gasteiger partial charge on any atom is 0.270 e. The molecule has 5 nitrogen and oxygen atoms in total. The van der Waals surface area contributed by atoms with Gasteiger partial charge in [0.2, 0.25) is 0 Å². The highest BCUT2D eigenvalue weighted by Crippen LogP contribution is 2.33. The van der Waals surface area contributed by atoms with E-state index in [2.05, 4.69) is 10.3 Å². The van der Waals surface area contributed by atoms with Crippen LogP contribution >= 0.6 is 0 Å². The van der Waals surface area contributed by atoms with Gasteiger partial charge in [-0.25, -0.2) is 4.98 Å². The number of fused-ring (bicyclic) bond motifs is 3. The van der Waals surface area contributed by atoms with Gasteiger partial charge in [0.1, 0.15) is 5.69 Å². The lowest BCUT2D eigenvalue weighted by atomic mass is 10.0. The fourth-order valence-corrected chi connectivity index (χ4v) is 4.07. The van der Waals surface area contributed by atoms with Gasteiger partial charge in [-0.2, -0.15) is 0 Å². The van der Waals surface area contributed by atoms with Crippen LogP contribution in [0.3, 0.4) is 0 Å². The lowest BCUT2D eigenvalue weighted by Gasteiger charge is -2.13. The van der Waals surface area contributed by atoms with Crippen LogP contribution in [0.2, 0.25) is 0 Å². The van der Waals surface area contributed by atoms with Crippen molar-refractivity contribution in [1.82, 2.24) is 15.3 Å². The molecule has 0 radical (unpaired) electrons. The number of pyridine rings is 1. The number of aliphatic hydroxyl groups excluding tert-OH is 1. The van der Waals surface area contributed by atoms with E-state index < -0.39 is 6.10 Å². The zero-order chi connectivity index (χ0) is 22.1. The highest BCUT2D eigenvalue weighted by molar-refractivity contribution is 6.13. The van der Waals surface area contributed by atoms with E-state index >= 15 is 0 Å². The number of carbonyl (C=O) groups is 1. The maximum absolute atomic E-state index is 13.1. The van der Waals surface area contributed by atoms with Crippen molar-refractivity contribution in [3.8, 4) is 11.3 Å². The Labute approximate surface area is 185 Å². The van der Waals surface area contributed by atoms with Gasteiger partial charge in [0, 0.05) is 28.4 Å². The summed E-state index contributed by atoms with van der Waals surface area (Å²) >= 11 is 0. The highest BCUT2D eigenvalue weighted by Gasteiger charge is 2.18. The molecule has 0 saturated heterocycles. The molecular weight excluding hydrogens is 398 g/mol. The molecule has 0 bridgehead atoms. The molecule has 5 heteroatoms. The predicted octanol–water partition coefficient (Wildman–Crippen LogP) is 5.15. The molecule has 0 saturated carbocycles. The number of aliphatic hydroxyl groups is 1. The summed E-state index contributed by atoms with van der Waals surface area (Å²) < 4.78 is 0. The van der Waals surface area contributed by atoms with Crippen molar-refractivity contribution < 1.29 is 9.90 Å². The van der Waals surface area contributed by atoms with Crippen molar-refractivity contribution in [2.24, 2.45) is 0 Å². The summed E-state index contributed by atoms with van der Waals surface area (Å²) in [7, 11) is 0. The average molecular weight is 422 g/mol.